The van der Waals surface area contributed by atoms with Crippen molar-refractivity contribution in [2.75, 3.05) is 48.8 Å². The van der Waals surface area contributed by atoms with Crippen molar-refractivity contribution < 1.29 is 0 Å². The van der Waals surface area contributed by atoms with Crippen molar-refractivity contribution in [2.24, 2.45) is 0 Å². The highest BCUT2D eigenvalue weighted by atomic mass is 35.5. The summed E-state index contributed by atoms with van der Waals surface area (Å²) in [6.07, 6.45) is 1.59. The van der Waals surface area contributed by atoms with Crippen molar-refractivity contribution in [2.45, 2.75) is 0 Å². The molecule has 2 heterocycles. The number of anilines is 5. The van der Waals surface area contributed by atoms with E-state index in [0.29, 0.717) is 16.8 Å². The highest BCUT2D eigenvalue weighted by molar-refractivity contribution is 6.33. The lowest BCUT2D eigenvalue weighted by atomic mass is 10.2. The fourth-order valence-electron chi connectivity index (χ4n) is 3.07. The van der Waals surface area contributed by atoms with Crippen molar-refractivity contribution in [1.82, 2.24) is 20.1 Å². The van der Waals surface area contributed by atoms with Gasteiger partial charge in [-0.25, -0.2) is 0 Å². The summed E-state index contributed by atoms with van der Waals surface area (Å²) in [6, 6.07) is 15.8. The van der Waals surface area contributed by atoms with Crippen LogP contribution in [0.15, 0.2) is 54.7 Å². The Morgan fingerprint density at radius 3 is 2.43 bits per heavy atom. The summed E-state index contributed by atoms with van der Waals surface area (Å²) in [5.41, 5.74) is 2.92. The van der Waals surface area contributed by atoms with Gasteiger partial charge in [-0.1, -0.05) is 23.7 Å². The maximum Gasteiger partial charge on any atom is 0.249 e. The van der Waals surface area contributed by atoms with Gasteiger partial charge < -0.3 is 20.4 Å². The van der Waals surface area contributed by atoms with E-state index in [2.05, 4.69) is 66.9 Å². The summed E-state index contributed by atoms with van der Waals surface area (Å²) in [6.45, 7) is 4.29. The van der Waals surface area contributed by atoms with Crippen LogP contribution in [0.5, 0.6) is 0 Å². The Hall–Kier alpha value is -2.90. The molecule has 2 N–H and O–H groups in total. The third kappa shape index (κ3) is 4.49. The second-order valence-electron chi connectivity index (χ2n) is 6.73. The van der Waals surface area contributed by atoms with Crippen molar-refractivity contribution in [3.05, 3.63) is 59.8 Å². The van der Waals surface area contributed by atoms with Crippen LogP contribution in [0.1, 0.15) is 0 Å². The molecule has 0 spiro atoms. The number of hydrogen-bond acceptors (Lipinski definition) is 7. The van der Waals surface area contributed by atoms with Gasteiger partial charge in [0.25, 0.3) is 0 Å². The molecule has 144 valence electrons. The van der Waals surface area contributed by atoms with E-state index in [0.717, 1.165) is 37.6 Å². The molecule has 1 fully saturated rings. The summed E-state index contributed by atoms with van der Waals surface area (Å²) in [4.78, 5) is 9.21. The Bertz CT molecular complexity index is 924. The number of aromatic nitrogens is 3. The first-order valence-corrected chi connectivity index (χ1v) is 9.57. The molecule has 4 rings (SSSR count). The van der Waals surface area contributed by atoms with Crippen LogP contribution in [-0.4, -0.2) is 53.3 Å². The Balaban J connectivity index is 1.42. The van der Waals surface area contributed by atoms with Crippen LogP contribution in [0.2, 0.25) is 5.02 Å². The molecule has 0 unspecified atom stereocenters. The molecule has 28 heavy (non-hydrogen) atoms. The molecule has 0 atom stereocenters. The third-order valence-electron chi connectivity index (χ3n) is 4.69. The Morgan fingerprint density at radius 2 is 1.68 bits per heavy atom. The lowest BCUT2D eigenvalue weighted by Crippen LogP contribution is -2.44. The van der Waals surface area contributed by atoms with E-state index in [9.17, 15) is 0 Å². The zero-order chi connectivity index (χ0) is 19.3. The summed E-state index contributed by atoms with van der Waals surface area (Å²) >= 11 is 6.17. The normalized spacial score (nSPS) is 14.7. The van der Waals surface area contributed by atoms with Gasteiger partial charge in [-0.2, -0.15) is 10.1 Å². The van der Waals surface area contributed by atoms with Crippen LogP contribution < -0.4 is 15.5 Å². The minimum Gasteiger partial charge on any atom is -0.369 e. The molecule has 2 aromatic carbocycles. The molecular weight excluding hydrogens is 374 g/mol. The van der Waals surface area contributed by atoms with Crippen LogP contribution >= 0.6 is 11.6 Å². The van der Waals surface area contributed by atoms with Gasteiger partial charge in [0.05, 0.1) is 16.9 Å². The quantitative estimate of drug-likeness (QED) is 0.681. The molecule has 0 aliphatic carbocycles. The van der Waals surface area contributed by atoms with Crippen LogP contribution in [-0.2, 0) is 0 Å². The highest BCUT2D eigenvalue weighted by Gasteiger charge is 2.14. The second-order valence-corrected chi connectivity index (χ2v) is 7.14. The number of piperazine rings is 1. The van der Waals surface area contributed by atoms with Gasteiger partial charge in [0.2, 0.25) is 5.95 Å². The lowest BCUT2D eigenvalue weighted by Gasteiger charge is -2.34. The summed E-state index contributed by atoms with van der Waals surface area (Å²) in [5, 5.41) is 15.0. The molecule has 8 heteroatoms. The van der Waals surface area contributed by atoms with Gasteiger partial charge in [0.1, 0.15) is 0 Å². The van der Waals surface area contributed by atoms with Gasteiger partial charge >= 0.3 is 0 Å². The first-order chi connectivity index (χ1) is 13.7. The molecule has 0 saturated carbocycles. The van der Waals surface area contributed by atoms with Gasteiger partial charge in [0, 0.05) is 37.6 Å². The van der Waals surface area contributed by atoms with Crippen molar-refractivity contribution in [3.8, 4) is 0 Å². The monoisotopic (exact) mass is 395 g/mol. The minimum atomic E-state index is 0.382. The van der Waals surface area contributed by atoms with E-state index in [1.54, 1.807) is 12.3 Å². The van der Waals surface area contributed by atoms with Gasteiger partial charge in [-0.15, -0.1) is 5.10 Å². The smallest absolute Gasteiger partial charge is 0.249 e. The van der Waals surface area contributed by atoms with E-state index in [4.69, 9.17) is 11.6 Å². The second kappa shape index (κ2) is 8.41. The first kappa shape index (κ1) is 18.5. The SMILES string of the molecule is CN1CCN(c2ccc(Nc3cnnc(Nc4ccccc4Cl)n3)cc2)CC1. The number of hydrogen-bond donors (Lipinski definition) is 2. The Kier molecular flexibility index (Phi) is 5.55. The largest absolute Gasteiger partial charge is 0.369 e. The number of nitrogens with one attached hydrogen (secondary N) is 2. The van der Waals surface area contributed by atoms with E-state index < -0.39 is 0 Å². The topological polar surface area (TPSA) is 69.2 Å². The fourth-order valence-corrected chi connectivity index (χ4v) is 3.25. The van der Waals surface area contributed by atoms with E-state index in [-0.39, 0.29) is 0 Å². The molecule has 0 radical (unpaired) electrons. The van der Waals surface area contributed by atoms with E-state index >= 15 is 0 Å². The number of para-hydroxylation sites is 1. The van der Waals surface area contributed by atoms with Crippen LogP contribution in [0, 0.1) is 0 Å². The van der Waals surface area contributed by atoms with Crippen LogP contribution in [0.25, 0.3) is 0 Å². The maximum atomic E-state index is 6.17. The van der Waals surface area contributed by atoms with Gasteiger partial charge in [-0.05, 0) is 43.4 Å². The standard InChI is InChI=1S/C20H22ClN7/c1-27-10-12-28(13-11-27)16-8-6-15(7-9-16)23-19-14-22-26-20(25-19)24-18-5-3-2-4-17(18)21/h2-9,14H,10-13H2,1H3,(H2,23,24,25,26). The zero-order valence-corrected chi connectivity index (χ0v) is 16.4. The Labute approximate surface area is 169 Å². The number of likely N-dealkylation sites (N-methyl/N-ethyl adjacent to an activating group) is 1. The molecular formula is C20H22ClN7. The van der Waals surface area contributed by atoms with Crippen molar-refractivity contribution >= 4 is 40.4 Å². The number of nitrogens with zero attached hydrogens (tertiary/aromatic N) is 5. The average Bonchev–Trinajstić information content (AvgIpc) is 2.71. The zero-order valence-electron chi connectivity index (χ0n) is 15.6. The molecule has 1 aliphatic rings. The predicted molar refractivity (Wildman–Crippen MR) is 114 cm³/mol. The maximum absolute atomic E-state index is 6.17. The first-order valence-electron chi connectivity index (χ1n) is 9.19. The van der Waals surface area contributed by atoms with E-state index in [1.165, 1.54) is 5.69 Å². The summed E-state index contributed by atoms with van der Waals surface area (Å²) < 4.78 is 0. The van der Waals surface area contributed by atoms with Crippen LogP contribution in [0.3, 0.4) is 0 Å². The van der Waals surface area contributed by atoms with Crippen molar-refractivity contribution in [1.29, 1.82) is 0 Å². The molecule has 3 aromatic rings. The third-order valence-corrected chi connectivity index (χ3v) is 5.02. The van der Waals surface area contributed by atoms with E-state index in [1.807, 2.05) is 18.2 Å². The number of rotatable bonds is 5. The molecule has 1 aromatic heterocycles. The molecule has 7 nitrogen and oxygen atoms in total. The highest BCUT2D eigenvalue weighted by Crippen LogP contribution is 2.24. The summed E-state index contributed by atoms with van der Waals surface area (Å²) in [7, 11) is 2.16. The fraction of sp³-hybridized carbons (Fsp3) is 0.250. The van der Waals surface area contributed by atoms with Gasteiger partial charge in [-0.3, -0.25) is 0 Å². The minimum absolute atomic E-state index is 0.382. The van der Waals surface area contributed by atoms with Gasteiger partial charge in [0.15, 0.2) is 5.82 Å². The number of halogens is 1. The number of benzene rings is 2. The van der Waals surface area contributed by atoms with Crippen molar-refractivity contribution in [3.63, 3.8) is 0 Å². The summed E-state index contributed by atoms with van der Waals surface area (Å²) in [5.74, 6) is 0.990. The average molecular weight is 396 g/mol. The molecule has 0 bridgehead atoms. The Morgan fingerprint density at radius 1 is 0.929 bits per heavy atom. The molecule has 1 saturated heterocycles. The molecule has 1 aliphatic heterocycles. The van der Waals surface area contributed by atoms with Crippen LogP contribution in [0.4, 0.5) is 28.8 Å². The predicted octanol–water partition coefficient (Wildman–Crippen LogP) is 3.76. The lowest BCUT2D eigenvalue weighted by molar-refractivity contribution is 0.313. The molecule has 0 amide bonds.